The van der Waals surface area contributed by atoms with Crippen molar-refractivity contribution in [1.82, 2.24) is 20.4 Å². The maximum absolute atomic E-state index is 12.1. The first-order valence-corrected chi connectivity index (χ1v) is 7.16. The monoisotopic (exact) mass is 280 g/mol. The lowest BCUT2D eigenvalue weighted by molar-refractivity contribution is -0.123. The number of nitrogens with one attached hydrogen (secondary N) is 2. The minimum Gasteiger partial charge on any atom is -0.381 e. The summed E-state index contributed by atoms with van der Waals surface area (Å²) in [5.74, 6) is 0.0264. The predicted molar refractivity (Wildman–Crippen MR) is 76.4 cm³/mol. The van der Waals surface area contributed by atoms with Gasteiger partial charge in [-0.1, -0.05) is 0 Å². The topological polar surface area (TPSA) is 68.2 Å². The molecule has 6 heteroatoms. The molecule has 0 radical (unpaired) electrons. The fourth-order valence-corrected chi connectivity index (χ4v) is 2.57. The predicted octanol–water partition coefficient (Wildman–Crippen LogP) is 0.515. The molecule has 1 saturated heterocycles. The van der Waals surface area contributed by atoms with Gasteiger partial charge >= 0.3 is 0 Å². The van der Waals surface area contributed by atoms with Gasteiger partial charge in [0.1, 0.15) is 6.54 Å². The molecule has 0 bridgehead atoms. The average molecular weight is 280 g/mol. The van der Waals surface area contributed by atoms with Gasteiger partial charge in [-0.05, 0) is 33.7 Å². The highest BCUT2D eigenvalue weighted by atomic mass is 16.5. The van der Waals surface area contributed by atoms with Gasteiger partial charge < -0.3 is 15.4 Å². The molecule has 0 saturated carbocycles. The third-order valence-corrected chi connectivity index (χ3v) is 3.76. The fourth-order valence-electron chi connectivity index (χ4n) is 2.57. The average Bonchev–Trinajstić information content (AvgIpc) is 2.68. The molecular weight excluding hydrogens is 256 g/mol. The molecule has 0 atom stereocenters. The zero-order valence-corrected chi connectivity index (χ0v) is 12.5. The number of ether oxygens (including phenoxy) is 1. The zero-order chi connectivity index (χ0) is 14.5. The van der Waals surface area contributed by atoms with Gasteiger partial charge in [0.15, 0.2) is 0 Å². The van der Waals surface area contributed by atoms with E-state index in [9.17, 15) is 4.79 Å². The van der Waals surface area contributed by atoms with Gasteiger partial charge in [-0.15, -0.1) is 0 Å². The third-order valence-electron chi connectivity index (χ3n) is 3.76. The van der Waals surface area contributed by atoms with Crippen molar-refractivity contribution in [2.24, 2.45) is 0 Å². The van der Waals surface area contributed by atoms with E-state index < -0.39 is 0 Å². The summed E-state index contributed by atoms with van der Waals surface area (Å²) in [7, 11) is 1.91. The Morgan fingerprint density at radius 2 is 2.10 bits per heavy atom. The number of amides is 1. The summed E-state index contributed by atoms with van der Waals surface area (Å²) in [6.45, 7) is 6.52. The normalized spacial score (nSPS) is 16.4. The number of carbonyl (C=O) groups excluding carboxylic acids is 1. The Kier molecular flexibility index (Phi) is 5.14. The molecule has 0 aromatic carbocycles. The van der Waals surface area contributed by atoms with E-state index in [1.165, 1.54) is 5.56 Å². The van der Waals surface area contributed by atoms with E-state index in [0.29, 0.717) is 0 Å². The Labute approximate surface area is 119 Å². The molecular formula is C14H24N4O2. The number of nitrogens with zero attached hydrogens (tertiary/aromatic N) is 2. The van der Waals surface area contributed by atoms with Crippen molar-refractivity contribution in [3.05, 3.63) is 17.0 Å². The second-order valence-corrected chi connectivity index (χ2v) is 5.29. The number of hydrogen-bond donors (Lipinski definition) is 2. The van der Waals surface area contributed by atoms with Crippen LogP contribution >= 0.6 is 0 Å². The number of hydrogen-bond acceptors (Lipinski definition) is 4. The molecule has 0 unspecified atom stereocenters. The largest absolute Gasteiger partial charge is 0.381 e. The lowest BCUT2D eigenvalue weighted by atomic mass is 10.1. The Morgan fingerprint density at radius 1 is 1.40 bits per heavy atom. The summed E-state index contributed by atoms with van der Waals surface area (Å²) in [4.78, 5) is 12.1. The van der Waals surface area contributed by atoms with Gasteiger partial charge in [-0.2, -0.15) is 5.10 Å². The smallest absolute Gasteiger partial charge is 0.241 e. The first-order valence-electron chi connectivity index (χ1n) is 7.16. The van der Waals surface area contributed by atoms with Crippen molar-refractivity contribution in [3.8, 4) is 0 Å². The van der Waals surface area contributed by atoms with Crippen LogP contribution in [0, 0.1) is 13.8 Å². The molecule has 2 rings (SSSR count). The summed E-state index contributed by atoms with van der Waals surface area (Å²) >= 11 is 0. The number of aryl methyl sites for hydroxylation is 1. The Bertz CT molecular complexity index is 464. The van der Waals surface area contributed by atoms with Crippen molar-refractivity contribution < 1.29 is 9.53 Å². The third kappa shape index (κ3) is 3.58. The molecule has 2 heterocycles. The van der Waals surface area contributed by atoms with Crippen LogP contribution in [0.2, 0.25) is 0 Å². The second-order valence-electron chi connectivity index (χ2n) is 5.29. The Hall–Kier alpha value is -1.40. The van der Waals surface area contributed by atoms with Crippen molar-refractivity contribution in [3.63, 3.8) is 0 Å². The first-order chi connectivity index (χ1) is 9.61. The molecule has 1 fully saturated rings. The summed E-state index contributed by atoms with van der Waals surface area (Å²) in [6.07, 6.45) is 1.79. The molecule has 2 N–H and O–H groups in total. The van der Waals surface area contributed by atoms with Gasteiger partial charge in [0.25, 0.3) is 0 Å². The van der Waals surface area contributed by atoms with Crippen LogP contribution in [-0.4, -0.2) is 42.0 Å². The van der Waals surface area contributed by atoms with Crippen LogP contribution in [0.15, 0.2) is 0 Å². The first kappa shape index (κ1) is 15.0. The number of rotatable bonds is 5. The molecule has 1 aromatic heterocycles. The van der Waals surface area contributed by atoms with Gasteiger partial charge in [-0.25, -0.2) is 0 Å². The number of carbonyl (C=O) groups is 1. The fraction of sp³-hybridized carbons (Fsp3) is 0.714. The van der Waals surface area contributed by atoms with E-state index >= 15 is 0 Å². The van der Waals surface area contributed by atoms with Crippen LogP contribution in [-0.2, 0) is 22.6 Å². The van der Waals surface area contributed by atoms with E-state index in [1.807, 2.05) is 20.9 Å². The van der Waals surface area contributed by atoms with Crippen molar-refractivity contribution in [1.29, 1.82) is 0 Å². The van der Waals surface area contributed by atoms with E-state index in [4.69, 9.17) is 4.74 Å². The van der Waals surface area contributed by atoms with Crippen LogP contribution in [0.1, 0.15) is 29.8 Å². The highest BCUT2D eigenvalue weighted by molar-refractivity contribution is 5.76. The lowest BCUT2D eigenvalue weighted by Gasteiger charge is -2.23. The SMILES string of the molecule is CNCc1c(C)nn(CC(=O)NC2CCOCC2)c1C. The number of aromatic nitrogens is 2. The maximum atomic E-state index is 12.1. The second kappa shape index (κ2) is 6.85. The molecule has 1 aliphatic rings. The van der Waals surface area contributed by atoms with Gasteiger partial charge in [0.2, 0.25) is 5.91 Å². The lowest BCUT2D eigenvalue weighted by Crippen LogP contribution is -2.40. The highest BCUT2D eigenvalue weighted by Gasteiger charge is 2.18. The van der Waals surface area contributed by atoms with Gasteiger partial charge in [0.05, 0.1) is 5.69 Å². The highest BCUT2D eigenvalue weighted by Crippen LogP contribution is 2.13. The van der Waals surface area contributed by atoms with Crippen molar-refractivity contribution in [2.45, 2.75) is 45.8 Å². The summed E-state index contributed by atoms with van der Waals surface area (Å²) < 4.78 is 7.08. The molecule has 112 valence electrons. The standard InChI is InChI=1S/C14H24N4O2/c1-10-13(8-15-3)11(2)18(17-10)9-14(19)16-12-4-6-20-7-5-12/h12,15H,4-9H2,1-3H3,(H,16,19). The van der Waals surface area contributed by atoms with E-state index in [1.54, 1.807) is 4.68 Å². The van der Waals surface area contributed by atoms with Gasteiger partial charge in [-0.3, -0.25) is 9.48 Å². The molecule has 1 amide bonds. The molecule has 1 aromatic rings. The maximum Gasteiger partial charge on any atom is 0.241 e. The van der Waals surface area contributed by atoms with E-state index in [-0.39, 0.29) is 18.5 Å². The molecule has 0 aliphatic carbocycles. The summed E-state index contributed by atoms with van der Waals surface area (Å²) in [5, 5.41) is 10.6. The van der Waals surface area contributed by atoms with E-state index in [0.717, 1.165) is 44.0 Å². The van der Waals surface area contributed by atoms with Crippen LogP contribution in [0.25, 0.3) is 0 Å². The quantitative estimate of drug-likeness (QED) is 0.825. The minimum absolute atomic E-state index is 0.0264. The van der Waals surface area contributed by atoms with E-state index in [2.05, 4.69) is 15.7 Å². The zero-order valence-electron chi connectivity index (χ0n) is 12.5. The van der Waals surface area contributed by atoms with Crippen LogP contribution in [0.4, 0.5) is 0 Å². The van der Waals surface area contributed by atoms with Gasteiger partial charge in [0, 0.05) is 37.1 Å². The molecule has 1 aliphatic heterocycles. The van der Waals surface area contributed by atoms with Crippen molar-refractivity contribution >= 4 is 5.91 Å². The molecule has 20 heavy (non-hydrogen) atoms. The summed E-state index contributed by atoms with van der Waals surface area (Å²) in [5.41, 5.74) is 3.21. The molecule has 6 nitrogen and oxygen atoms in total. The van der Waals surface area contributed by atoms with Crippen molar-refractivity contribution in [2.75, 3.05) is 20.3 Å². The van der Waals surface area contributed by atoms with Crippen LogP contribution in [0.5, 0.6) is 0 Å². The van der Waals surface area contributed by atoms with Crippen LogP contribution in [0.3, 0.4) is 0 Å². The minimum atomic E-state index is 0.0264. The molecule has 0 spiro atoms. The van der Waals surface area contributed by atoms with Crippen LogP contribution < -0.4 is 10.6 Å². The Morgan fingerprint density at radius 3 is 2.75 bits per heavy atom. The summed E-state index contributed by atoms with van der Waals surface area (Å²) in [6, 6.07) is 0.241. The Balaban J connectivity index is 1.95.